The van der Waals surface area contributed by atoms with Crippen molar-refractivity contribution < 1.29 is 4.74 Å². The van der Waals surface area contributed by atoms with E-state index in [0.717, 1.165) is 22.2 Å². The molecule has 0 unspecified atom stereocenters. The summed E-state index contributed by atoms with van der Waals surface area (Å²) < 4.78 is 7.38. The molecule has 1 heterocycles. The molecule has 0 saturated carbocycles. The molecule has 0 amide bonds. The molecule has 0 fully saturated rings. The molecule has 2 N–H and O–H groups in total. The molecule has 0 radical (unpaired) electrons. The van der Waals surface area contributed by atoms with Gasteiger partial charge >= 0.3 is 0 Å². The van der Waals surface area contributed by atoms with Crippen LogP contribution in [0.3, 0.4) is 0 Å². The predicted octanol–water partition coefficient (Wildman–Crippen LogP) is 3.15. The highest BCUT2D eigenvalue weighted by Gasteiger charge is 2.07. The first-order chi connectivity index (χ1) is 10.2. The van der Waals surface area contributed by atoms with Crippen molar-refractivity contribution in [2.24, 2.45) is 0 Å². The third kappa shape index (κ3) is 2.30. The molecule has 0 aliphatic carbocycles. The van der Waals surface area contributed by atoms with Gasteiger partial charge in [0, 0.05) is 23.8 Å². The zero-order valence-electron chi connectivity index (χ0n) is 11.7. The number of anilines is 1. The van der Waals surface area contributed by atoms with E-state index in [4.69, 9.17) is 15.7 Å². The summed E-state index contributed by atoms with van der Waals surface area (Å²) in [5.74, 6) is 0.603. The first-order valence-electron chi connectivity index (χ1n) is 6.63. The third-order valence-electron chi connectivity index (χ3n) is 3.59. The highest BCUT2D eigenvalue weighted by molar-refractivity contribution is 5.91. The van der Waals surface area contributed by atoms with Crippen LogP contribution < -0.4 is 10.5 Å². The number of nitrogens with zero attached hydrogens (tertiary/aromatic N) is 2. The quantitative estimate of drug-likeness (QED) is 0.748. The summed E-state index contributed by atoms with van der Waals surface area (Å²) in [5, 5.41) is 10.1. The van der Waals surface area contributed by atoms with Crippen molar-refractivity contribution in [1.29, 1.82) is 5.26 Å². The Morgan fingerprint density at radius 3 is 2.86 bits per heavy atom. The van der Waals surface area contributed by atoms with Gasteiger partial charge in [0.15, 0.2) is 0 Å². The van der Waals surface area contributed by atoms with E-state index in [9.17, 15) is 0 Å². The maximum absolute atomic E-state index is 9.02. The summed E-state index contributed by atoms with van der Waals surface area (Å²) in [6.45, 7) is 0.703. The van der Waals surface area contributed by atoms with Crippen molar-refractivity contribution in [2.75, 3.05) is 12.8 Å². The highest BCUT2D eigenvalue weighted by Crippen LogP contribution is 2.24. The number of nitrogens with two attached hydrogens (primary N) is 1. The average Bonchev–Trinajstić information content (AvgIpc) is 2.92. The van der Waals surface area contributed by atoms with Crippen molar-refractivity contribution in [1.82, 2.24) is 4.57 Å². The smallest absolute Gasteiger partial charge is 0.136 e. The summed E-state index contributed by atoms with van der Waals surface area (Å²) in [6, 6.07) is 15.7. The van der Waals surface area contributed by atoms with Crippen molar-refractivity contribution in [3.05, 3.63) is 59.8 Å². The van der Waals surface area contributed by atoms with Gasteiger partial charge in [0.1, 0.15) is 11.8 Å². The number of hydrogen-bond donors (Lipinski definition) is 1. The Morgan fingerprint density at radius 2 is 2.10 bits per heavy atom. The van der Waals surface area contributed by atoms with Gasteiger partial charge in [0.2, 0.25) is 0 Å². The fourth-order valence-electron chi connectivity index (χ4n) is 2.51. The molecule has 0 bridgehead atoms. The number of hydrogen-bond acceptors (Lipinski definition) is 3. The van der Waals surface area contributed by atoms with Crippen LogP contribution in [0.4, 0.5) is 5.69 Å². The van der Waals surface area contributed by atoms with Gasteiger partial charge in [0.05, 0.1) is 18.2 Å². The minimum atomic E-state index is 0.544. The van der Waals surface area contributed by atoms with Gasteiger partial charge in [-0.2, -0.15) is 5.26 Å². The molecule has 4 heteroatoms. The summed E-state index contributed by atoms with van der Waals surface area (Å²) in [4.78, 5) is 0. The molecule has 21 heavy (non-hydrogen) atoms. The maximum Gasteiger partial charge on any atom is 0.136 e. The topological polar surface area (TPSA) is 64.0 Å². The Hall–Kier alpha value is -2.93. The van der Waals surface area contributed by atoms with E-state index in [1.54, 1.807) is 13.2 Å². The monoisotopic (exact) mass is 277 g/mol. The number of aromatic nitrogens is 1. The lowest BCUT2D eigenvalue weighted by molar-refractivity contribution is 0.413. The van der Waals surface area contributed by atoms with E-state index in [1.807, 2.05) is 42.6 Å². The first-order valence-corrected chi connectivity index (χ1v) is 6.63. The molecule has 2 aromatic carbocycles. The van der Waals surface area contributed by atoms with E-state index in [0.29, 0.717) is 17.9 Å². The van der Waals surface area contributed by atoms with E-state index in [2.05, 4.69) is 10.6 Å². The predicted molar refractivity (Wildman–Crippen MR) is 83.2 cm³/mol. The molecule has 0 saturated heterocycles. The Kier molecular flexibility index (Phi) is 3.25. The summed E-state index contributed by atoms with van der Waals surface area (Å²) >= 11 is 0. The van der Waals surface area contributed by atoms with E-state index in [-0.39, 0.29) is 0 Å². The van der Waals surface area contributed by atoms with Gasteiger partial charge in [-0.15, -0.1) is 0 Å². The zero-order valence-corrected chi connectivity index (χ0v) is 11.7. The molecule has 4 nitrogen and oxygen atoms in total. The Morgan fingerprint density at radius 1 is 1.24 bits per heavy atom. The van der Waals surface area contributed by atoms with Crippen LogP contribution in [0.5, 0.6) is 5.75 Å². The van der Waals surface area contributed by atoms with Crippen LogP contribution in [0.25, 0.3) is 10.9 Å². The van der Waals surface area contributed by atoms with Gasteiger partial charge in [-0.25, -0.2) is 0 Å². The van der Waals surface area contributed by atoms with Gasteiger partial charge in [-0.3, -0.25) is 0 Å². The summed E-state index contributed by atoms with van der Waals surface area (Å²) in [7, 11) is 1.58. The van der Waals surface area contributed by atoms with E-state index < -0.39 is 0 Å². The minimum absolute atomic E-state index is 0.544. The fourth-order valence-corrected chi connectivity index (χ4v) is 2.51. The molecule has 3 aromatic rings. The van der Waals surface area contributed by atoms with Crippen LogP contribution in [0.15, 0.2) is 48.7 Å². The van der Waals surface area contributed by atoms with E-state index in [1.165, 1.54) is 0 Å². The first kappa shape index (κ1) is 13.1. The van der Waals surface area contributed by atoms with Crippen molar-refractivity contribution in [2.45, 2.75) is 6.54 Å². The Bertz CT molecular complexity index is 843. The number of nitriles is 1. The molecule has 0 atom stereocenters. The minimum Gasteiger partial charge on any atom is -0.495 e. The van der Waals surface area contributed by atoms with Gasteiger partial charge in [0.25, 0.3) is 0 Å². The maximum atomic E-state index is 9.02. The highest BCUT2D eigenvalue weighted by atomic mass is 16.5. The third-order valence-corrected chi connectivity index (χ3v) is 3.59. The molecule has 0 aliphatic rings. The SMILES string of the molecule is COc1cc(Cn2ccc3c(N)cccc32)ccc1C#N. The number of fused-ring (bicyclic) bond motifs is 1. The lowest BCUT2D eigenvalue weighted by atomic mass is 10.1. The number of benzene rings is 2. The number of rotatable bonds is 3. The second-order valence-corrected chi connectivity index (χ2v) is 4.87. The molecule has 1 aromatic heterocycles. The second kappa shape index (κ2) is 5.22. The van der Waals surface area contributed by atoms with Crippen LogP contribution in [-0.2, 0) is 6.54 Å². The number of methoxy groups -OCH3 is 1. The van der Waals surface area contributed by atoms with Crippen molar-refractivity contribution in [3.63, 3.8) is 0 Å². The van der Waals surface area contributed by atoms with Gasteiger partial charge in [-0.05, 0) is 35.9 Å². The normalized spacial score (nSPS) is 10.5. The molecule has 0 spiro atoms. The van der Waals surface area contributed by atoms with E-state index >= 15 is 0 Å². The summed E-state index contributed by atoms with van der Waals surface area (Å²) in [6.07, 6.45) is 2.02. The molecule has 104 valence electrons. The van der Waals surface area contributed by atoms with Crippen LogP contribution in [-0.4, -0.2) is 11.7 Å². The largest absolute Gasteiger partial charge is 0.495 e. The van der Waals surface area contributed by atoms with Crippen LogP contribution in [0.2, 0.25) is 0 Å². The number of nitrogen functional groups attached to an aromatic ring is 1. The molecular formula is C17H15N3O. The Balaban J connectivity index is 1.99. The van der Waals surface area contributed by atoms with Gasteiger partial charge < -0.3 is 15.0 Å². The van der Waals surface area contributed by atoms with Crippen molar-refractivity contribution >= 4 is 16.6 Å². The lowest BCUT2D eigenvalue weighted by Gasteiger charge is -2.09. The molecule has 0 aliphatic heterocycles. The number of ether oxygens (including phenoxy) is 1. The fraction of sp³-hybridized carbons (Fsp3) is 0.118. The Labute approximate surface area is 123 Å². The van der Waals surface area contributed by atoms with Crippen LogP contribution in [0, 0.1) is 11.3 Å². The molecular weight excluding hydrogens is 262 g/mol. The summed E-state index contributed by atoms with van der Waals surface area (Å²) in [5.41, 5.74) is 9.47. The second-order valence-electron chi connectivity index (χ2n) is 4.87. The average molecular weight is 277 g/mol. The van der Waals surface area contributed by atoms with Crippen LogP contribution in [0.1, 0.15) is 11.1 Å². The van der Waals surface area contributed by atoms with Crippen molar-refractivity contribution in [3.8, 4) is 11.8 Å². The standard InChI is InChI=1S/C17H15N3O/c1-21-17-9-12(5-6-13(17)10-18)11-20-8-7-14-15(19)3-2-4-16(14)20/h2-9H,11,19H2,1H3. The molecule has 3 rings (SSSR count). The zero-order chi connectivity index (χ0) is 14.8. The van der Waals surface area contributed by atoms with Gasteiger partial charge in [-0.1, -0.05) is 12.1 Å². The van der Waals surface area contributed by atoms with Crippen LogP contribution >= 0.6 is 0 Å². The lowest BCUT2D eigenvalue weighted by Crippen LogP contribution is -1.99.